The summed E-state index contributed by atoms with van der Waals surface area (Å²) in [6.07, 6.45) is 2.33. The van der Waals surface area contributed by atoms with Crippen LogP contribution in [0.2, 0.25) is 0 Å². The van der Waals surface area contributed by atoms with E-state index in [9.17, 15) is 4.79 Å². The smallest absolute Gasteiger partial charge is 0.276 e. The average molecular weight is 253 g/mol. The first-order chi connectivity index (χ1) is 8.41. The second-order valence-electron chi connectivity index (χ2n) is 5.26. The zero-order chi connectivity index (χ0) is 13.8. The molecule has 18 heavy (non-hydrogen) atoms. The lowest BCUT2D eigenvalue weighted by Gasteiger charge is -2.32. The Balaban J connectivity index is 3.05. The van der Waals surface area contributed by atoms with Gasteiger partial charge in [0.25, 0.3) is 5.56 Å². The minimum atomic E-state index is -0.299. The van der Waals surface area contributed by atoms with E-state index >= 15 is 0 Å². The predicted octanol–water partition coefficient (Wildman–Crippen LogP) is 0.553. The van der Waals surface area contributed by atoms with Crippen molar-refractivity contribution in [1.29, 1.82) is 0 Å². The summed E-state index contributed by atoms with van der Waals surface area (Å²) in [6.45, 7) is 8.32. The summed E-state index contributed by atoms with van der Waals surface area (Å²) in [4.78, 5) is 20.2. The summed E-state index contributed by atoms with van der Waals surface area (Å²) >= 11 is 0. The number of aromatic nitrogens is 2. The van der Waals surface area contributed by atoms with E-state index in [-0.39, 0.29) is 16.7 Å². The maximum Gasteiger partial charge on any atom is 0.276 e. The first-order valence-corrected chi connectivity index (χ1v) is 6.19. The van der Waals surface area contributed by atoms with Gasteiger partial charge in [-0.15, -0.1) is 0 Å². The molecule has 0 fully saturated rings. The molecule has 6 heteroatoms. The SMILES string of the molecule is CCCN(CC(C)(C)CN)c1nc[nH]c(=O)c1N. The van der Waals surface area contributed by atoms with Crippen LogP contribution in [0, 0.1) is 5.41 Å². The lowest BCUT2D eigenvalue weighted by molar-refractivity contribution is 0.376. The average Bonchev–Trinajstić information content (AvgIpc) is 2.32. The number of hydrogen-bond acceptors (Lipinski definition) is 5. The normalized spacial score (nSPS) is 11.6. The summed E-state index contributed by atoms with van der Waals surface area (Å²) in [5.41, 5.74) is 11.4. The topological polar surface area (TPSA) is 101 Å². The maximum atomic E-state index is 11.5. The van der Waals surface area contributed by atoms with Crippen molar-refractivity contribution in [1.82, 2.24) is 9.97 Å². The van der Waals surface area contributed by atoms with E-state index in [1.54, 1.807) is 0 Å². The molecule has 102 valence electrons. The van der Waals surface area contributed by atoms with Crippen molar-refractivity contribution in [2.75, 3.05) is 30.3 Å². The summed E-state index contributed by atoms with van der Waals surface area (Å²) in [7, 11) is 0. The van der Waals surface area contributed by atoms with Gasteiger partial charge >= 0.3 is 0 Å². The van der Waals surface area contributed by atoms with Crippen LogP contribution in [0.25, 0.3) is 0 Å². The predicted molar refractivity (Wildman–Crippen MR) is 74.6 cm³/mol. The van der Waals surface area contributed by atoms with Gasteiger partial charge in [-0.2, -0.15) is 0 Å². The highest BCUT2D eigenvalue weighted by Crippen LogP contribution is 2.22. The van der Waals surface area contributed by atoms with Crippen LogP contribution in [0.15, 0.2) is 11.1 Å². The Hall–Kier alpha value is -1.56. The Morgan fingerprint density at radius 2 is 2.17 bits per heavy atom. The van der Waals surface area contributed by atoms with E-state index in [4.69, 9.17) is 11.5 Å². The van der Waals surface area contributed by atoms with Gasteiger partial charge in [-0.3, -0.25) is 4.79 Å². The molecule has 0 radical (unpaired) electrons. The van der Waals surface area contributed by atoms with E-state index in [2.05, 4.69) is 30.7 Å². The van der Waals surface area contributed by atoms with Crippen LogP contribution >= 0.6 is 0 Å². The van der Waals surface area contributed by atoms with Crippen LogP contribution < -0.4 is 21.9 Å². The molecule has 1 heterocycles. The van der Waals surface area contributed by atoms with E-state index in [1.165, 1.54) is 6.33 Å². The lowest BCUT2D eigenvalue weighted by Crippen LogP contribution is -2.40. The molecule has 0 saturated heterocycles. The highest BCUT2D eigenvalue weighted by molar-refractivity contribution is 5.60. The zero-order valence-electron chi connectivity index (χ0n) is 11.4. The van der Waals surface area contributed by atoms with Crippen LogP contribution in [0.5, 0.6) is 0 Å². The fraction of sp³-hybridized carbons (Fsp3) is 0.667. The maximum absolute atomic E-state index is 11.5. The van der Waals surface area contributed by atoms with E-state index in [0.717, 1.165) is 19.5 Å². The molecule has 5 N–H and O–H groups in total. The molecule has 0 aliphatic carbocycles. The van der Waals surface area contributed by atoms with Gasteiger partial charge < -0.3 is 21.4 Å². The zero-order valence-corrected chi connectivity index (χ0v) is 11.4. The molecule has 1 rings (SSSR count). The third kappa shape index (κ3) is 3.46. The molecule has 0 amide bonds. The minimum Gasteiger partial charge on any atom is -0.391 e. The molecule has 6 nitrogen and oxygen atoms in total. The Morgan fingerprint density at radius 3 is 2.72 bits per heavy atom. The van der Waals surface area contributed by atoms with Crippen molar-refractivity contribution in [2.24, 2.45) is 11.1 Å². The van der Waals surface area contributed by atoms with Crippen LogP contribution in [0.1, 0.15) is 27.2 Å². The molecule has 0 aliphatic heterocycles. The molecule has 0 unspecified atom stereocenters. The van der Waals surface area contributed by atoms with Crippen molar-refractivity contribution < 1.29 is 0 Å². The van der Waals surface area contributed by atoms with Crippen LogP contribution in [-0.2, 0) is 0 Å². The van der Waals surface area contributed by atoms with Crippen molar-refractivity contribution in [2.45, 2.75) is 27.2 Å². The Morgan fingerprint density at radius 1 is 1.50 bits per heavy atom. The number of anilines is 2. The first-order valence-electron chi connectivity index (χ1n) is 6.19. The quantitative estimate of drug-likeness (QED) is 0.687. The van der Waals surface area contributed by atoms with E-state index in [0.29, 0.717) is 12.4 Å². The molecule has 0 saturated carbocycles. The third-order valence-electron chi connectivity index (χ3n) is 2.83. The van der Waals surface area contributed by atoms with Gasteiger partial charge in [0, 0.05) is 13.1 Å². The highest BCUT2D eigenvalue weighted by Gasteiger charge is 2.22. The van der Waals surface area contributed by atoms with Crippen molar-refractivity contribution in [3.8, 4) is 0 Å². The number of nitrogen functional groups attached to an aromatic ring is 1. The number of nitrogens with zero attached hydrogens (tertiary/aromatic N) is 2. The van der Waals surface area contributed by atoms with Crippen LogP contribution in [-0.4, -0.2) is 29.6 Å². The van der Waals surface area contributed by atoms with Crippen molar-refractivity contribution >= 4 is 11.5 Å². The summed E-state index contributed by atoms with van der Waals surface area (Å²) < 4.78 is 0. The van der Waals surface area contributed by atoms with Gasteiger partial charge in [0.15, 0.2) is 5.82 Å². The number of nitrogens with two attached hydrogens (primary N) is 2. The Bertz CT molecular complexity index is 440. The monoisotopic (exact) mass is 253 g/mol. The molecular weight excluding hydrogens is 230 g/mol. The van der Waals surface area contributed by atoms with Gasteiger partial charge in [-0.05, 0) is 18.4 Å². The number of rotatable bonds is 6. The van der Waals surface area contributed by atoms with E-state index < -0.39 is 0 Å². The molecule has 0 aliphatic rings. The number of hydrogen-bond donors (Lipinski definition) is 3. The first kappa shape index (κ1) is 14.5. The lowest BCUT2D eigenvalue weighted by atomic mass is 9.93. The number of H-pyrrole nitrogens is 1. The van der Waals surface area contributed by atoms with Gasteiger partial charge in [0.2, 0.25) is 0 Å². The fourth-order valence-corrected chi connectivity index (χ4v) is 1.76. The fourth-order valence-electron chi connectivity index (χ4n) is 1.76. The number of nitrogens with one attached hydrogen (secondary N) is 1. The third-order valence-corrected chi connectivity index (χ3v) is 2.83. The van der Waals surface area contributed by atoms with Crippen molar-refractivity contribution in [3.63, 3.8) is 0 Å². The van der Waals surface area contributed by atoms with Gasteiger partial charge in [-0.1, -0.05) is 20.8 Å². The summed E-state index contributed by atoms with van der Waals surface area (Å²) in [5, 5.41) is 0. The van der Waals surface area contributed by atoms with Gasteiger partial charge in [0.1, 0.15) is 5.69 Å². The van der Waals surface area contributed by atoms with Crippen molar-refractivity contribution in [3.05, 3.63) is 16.7 Å². The minimum absolute atomic E-state index is 0.0497. The van der Waals surface area contributed by atoms with E-state index in [1.807, 2.05) is 4.90 Å². The molecular formula is C12H23N5O. The highest BCUT2D eigenvalue weighted by atomic mass is 16.1. The Labute approximate surface area is 107 Å². The Kier molecular flexibility index (Phi) is 4.72. The second kappa shape index (κ2) is 5.86. The molecule has 1 aromatic heterocycles. The van der Waals surface area contributed by atoms with Gasteiger partial charge in [0.05, 0.1) is 6.33 Å². The molecule has 0 aromatic carbocycles. The van der Waals surface area contributed by atoms with Gasteiger partial charge in [-0.25, -0.2) is 4.98 Å². The summed E-state index contributed by atoms with van der Waals surface area (Å²) in [6, 6.07) is 0. The number of aromatic amines is 1. The molecule has 0 bridgehead atoms. The van der Waals surface area contributed by atoms with Crippen LogP contribution in [0.3, 0.4) is 0 Å². The van der Waals surface area contributed by atoms with Crippen LogP contribution in [0.4, 0.5) is 11.5 Å². The second-order valence-corrected chi connectivity index (χ2v) is 5.26. The molecule has 0 atom stereocenters. The standard InChI is InChI=1S/C12H23N5O/c1-4-5-17(7-12(2,3)6-13)10-9(14)11(18)16-8-15-10/h8H,4-7,13-14H2,1-3H3,(H,15,16,18). The summed E-state index contributed by atoms with van der Waals surface area (Å²) in [5.74, 6) is 0.544. The molecule has 1 aromatic rings. The largest absolute Gasteiger partial charge is 0.391 e. The molecule has 0 spiro atoms.